The van der Waals surface area contributed by atoms with Crippen LogP contribution in [-0.2, 0) is 0 Å². The number of carbonyl (C=O) groups is 2. The summed E-state index contributed by atoms with van der Waals surface area (Å²) < 4.78 is 5.70. The molecule has 7 nitrogen and oxygen atoms in total. The molecule has 8 heteroatoms. The van der Waals surface area contributed by atoms with Gasteiger partial charge in [-0.15, -0.1) is 0 Å². The number of hydrogen-bond acceptors (Lipinski definition) is 5. The van der Waals surface area contributed by atoms with E-state index in [9.17, 15) is 19.7 Å². The maximum atomic E-state index is 12.5. The van der Waals surface area contributed by atoms with Crippen LogP contribution in [0.25, 0.3) is 17.4 Å². The highest BCUT2D eigenvalue weighted by atomic mass is 35.5. The Labute approximate surface area is 199 Å². The first-order chi connectivity index (χ1) is 16.4. The fourth-order valence-corrected chi connectivity index (χ4v) is 3.44. The number of non-ortho nitro benzene ring substituents is 1. The van der Waals surface area contributed by atoms with Crippen molar-refractivity contribution in [1.29, 1.82) is 0 Å². The molecule has 0 spiro atoms. The predicted octanol–water partition coefficient (Wildman–Crippen LogP) is 6.66. The molecule has 3 aromatic carbocycles. The minimum Gasteiger partial charge on any atom is -0.457 e. The molecular weight excluding hydrogens is 456 g/mol. The second-order valence-corrected chi connectivity index (χ2v) is 7.63. The van der Waals surface area contributed by atoms with Gasteiger partial charge in [-0.05, 0) is 66.7 Å². The Morgan fingerprint density at radius 3 is 2.32 bits per heavy atom. The van der Waals surface area contributed by atoms with E-state index in [0.29, 0.717) is 33.9 Å². The number of nitro groups is 1. The number of anilines is 1. The highest BCUT2D eigenvalue weighted by Gasteiger charge is 2.13. The number of ketones is 1. The molecule has 0 fully saturated rings. The van der Waals surface area contributed by atoms with Gasteiger partial charge in [-0.1, -0.05) is 29.8 Å². The Morgan fingerprint density at radius 1 is 0.912 bits per heavy atom. The molecule has 0 saturated heterocycles. The third-order valence-electron chi connectivity index (χ3n) is 4.92. The standard InChI is InChI=1S/C26H17ClN2O5/c27-23-16-20(29(32)33)10-13-22(23)25-15-12-21(34-25)11-14-24(30)17-6-8-19(9-7-17)28-26(31)18-4-2-1-3-5-18/h1-16H,(H,28,31)/b14-11+. The van der Waals surface area contributed by atoms with Gasteiger partial charge < -0.3 is 9.73 Å². The van der Waals surface area contributed by atoms with Crippen molar-refractivity contribution in [3.63, 3.8) is 0 Å². The van der Waals surface area contributed by atoms with Gasteiger partial charge in [0.05, 0.1) is 9.95 Å². The summed E-state index contributed by atoms with van der Waals surface area (Å²) in [7, 11) is 0. The number of rotatable bonds is 7. The number of amides is 1. The molecule has 168 valence electrons. The summed E-state index contributed by atoms with van der Waals surface area (Å²) in [4.78, 5) is 35.1. The van der Waals surface area contributed by atoms with Crippen LogP contribution in [0, 0.1) is 10.1 Å². The summed E-state index contributed by atoms with van der Waals surface area (Å²) in [5.74, 6) is 0.364. The van der Waals surface area contributed by atoms with Crippen LogP contribution in [-0.4, -0.2) is 16.6 Å². The molecular formula is C26H17ClN2O5. The van der Waals surface area contributed by atoms with Crippen molar-refractivity contribution in [2.75, 3.05) is 5.32 Å². The number of nitro benzene ring substituents is 1. The molecule has 0 aliphatic carbocycles. The number of allylic oxidation sites excluding steroid dienone is 1. The van der Waals surface area contributed by atoms with Gasteiger partial charge in [0, 0.05) is 34.5 Å². The Morgan fingerprint density at radius 2 is 1.65 bits per heavy atom. The summed E-state index contributed by atoms with van der Waals surface area (Å²) in [6, 6.07) is 22.8. The average molecular weight is 473 g/mol. The molecule has 0 aliphatic rings. The second kappa shape index (κ2) is 9.97. The Hall–Kier alpha value is -4.49. The van der Waals surface area contributed by atoms with Crippen LogP contribution in [0.4, 0.5) is 11.4 Å². The van der Waals surface area contributed by atoms with E-state index in [2.05, 4.69) is 5.32 Å². The lowest BCUT2D eigenvalue weighted by atomic mass is 10.1. The lowest BCUT2D eigenvalue weighted by Gasteiger charge is -2.05. The first kappa shape index (κ1) is 22.7. The maximum absolute atomic E-state index is 12.5. The number of halogens is 1. The zero-order valence-corrected chi connectivity index (χ0v) is 18.4. The summed E-state index contributed by atoms with van der Waals surface area (Å²) in [5, 5.41) is 13.8. The molecule has 0 aliphatic heterocycles. The predicted molar refractivity (Wildman–Crippen MR) is 130 cm³/mol. The van der Waals surface area contributed by atoms with Crippen molar-refractivity contribution in [1.82, 2.24) is 0 Å². The molecule has 1 N–H and O–H groups in total. The van der Waals surface area contributed by atoms with Gasteiger partial charge in [0.1, 0.15) is 11.5 Å². The van der Waals surface area contributed by atoms with Crippen LogP contribution in [0.2, 0.25) is 5.02 Å². The van der Waals surface area contributed by atoms with Crippen LogP contribution in [0.1, 0.15) is 26.5 Å². The summed E-state index contributed by atoms with van der Waals surface area (Å²) >= 11 is 6.14. The highest BCUT2D eigenvalue weighted by molar-refractivity contribution is 6.33. The number of benzene rings is 3. The Bertz CT molecular complexity index is 1390. The lowest BCUT2D eigenvalue weighted by Crippen LogP contribution is -2.11. The zero-order valence-electron chi connectivity index (χ0n) is 17.6. The highest BCUT2D eigenvalue weighted by Crippen LogP contribution is 2.32. The van der Waals surface area contributed by atoms with Crippen LogP contribution >= 0.6 is 11.6 Å². The monoisotopic (exact) mass is 472 g/mol. The normalized spacial score (nSPS) is 10.9. The molecule has 0 unspecified atom stereocenters. The molecule has 4 rings (SSSR count). The zero-order chi connectivity index (χ0) is 24.1. The number of furan rings is 1. The topological polar surface area (TPSA) is 102 Å². The first-order valence-electron chi connectivity index (χ1n) is 10.1. The van der Waals surface area contributed by atoms with Crippen molar-refractivity contribution in [2.24, 2.45) is 0 Å². The smallest absolute Gasteiger partial charge is 0.270 e. The Balaban J connectivity index is 1.41. The van der Waals surface area contributed by atoms with Gasteiger partial charge in [0.25, 0.3) is 11.6 Å². The molecule has 0 radical (unpaired) electrons. The SMILES string of the molecule is O=C(/C=C/c1ccc(-c2ccc([N+](=O)[O-])cc2Cl)o1)c1ccc(NC(=O)c2ccccc2)cc1. The molecule has 1 amide bonds. The number of nitrogens with one attached hydrogen (secondary N) is 1. The number of hydrogen-bond donors (Lipinski definition) is 1. The maximum Gasteiger partial charge on any atom is 0.270 e. The minimum atomic E-state index is -0.526. The molecule has 0 saturated carbocycles. The van der Waals surface area contributed by atoms with Gasteiger partial charge in [0.2, 0.25) is 0 Å². The van der Waals surface area contributed by atoms with Gasteiger partial charge in [-0.2, -0.15) is 0 Å². The first-order valence-corrected chi connectivity index (χ1v) is 10.5. The Kier molecular flexibility index (Phi) is 6.66. The van der Waals surface area contributed by atoms with Crippen LogP contribution < -0.4 is 5.32 Å². The molecule has 1 aromatic heterocycles. The van der Waals surface area contributed by atoms with Crippen molar-refractivity contribution >= 4 is 40.7 Å². The molecule has 0 bridgehead atoms. The van der Waals surface area contributed by atoms with Crippen LogP contribution in [0.3, 0.4) is 0 Å². The van der Waals surface area contributed by atoms with Crippen molar-refractivity contribution < 1.29 is 18.9 Å². The molecule has 4 aromatic rings. The van der Waals surface area contributed by atoms with Gasteiger partial charge >= 0.3 is 0 Å². The van der Waals surface area contributed by atoms with E-state index < -0.39 is 4.92 Å². The van der Waals surface area contributed by atoms with E-state index in [0.717, 1.165) is 0 Å². The van der Waals surface area contributed by atoms with E-state index in [4.69, 9.17) is 16.0 Å². The quantitative estimate of drug-likeness (QED) is 0.140. The fraction of sp³-hybridized carbons (Fsp3) is 0. The van der Waals surface area contributed by atoms with E-state index in [-0.39, 0.29) is 22.4 Å². The third kappa shape index (κ3) is 5.28. The molecule has 0 atom stereocenters. The van der Waals surface area contributed by atoms with Crippen LogP contribution in [0.15, 0.2) is 95.4 Å². The lowest BCUT2D eigenvalue weighted by molar-refractivity contribution is -0.384. The third-order valence-corrected chi connectivity index (χ3v) is 5.23. The second-order valence-electron chi connectivity index (χ2n) is 7.22. The van der Waals surface area contributed by atoms with Crippen molar-refractivity contribution in [3.05, 3.63) is 123 Å². The summed E-state index contributed by atoms with van der Waals surface area (Å²) in [6.45, 7) is 0. The van der Waals surface area contributed by atoms with E-state index in [1.807, 2.05) is 6.07 Å². The van der Waals surface area contributed by atoms with Crippen molar-refractivity contribution in [3.8, 4) is 11.3 Å². The number of nitrogens with zero attached hydrogens (tertiary/aromatic N) is 1. The van der Waals surface area contributed by atoms with Crippen LogP contribution in [0.5, 0.6) is 0 Å². The fourth-order valence-electron chi connectivity index (χ4n) is 3.17. The van der Waals surface area contributed by atoms with E-state index in [1.165, 1.54) is 30.4 Å². The molecule has 34 heavy (non-hydrogen) atoms. The van der Waals surface area contributed by atoms with Gasteiger partial charge in [-0.3, -0.25) is 19.7 Å². The van der Waals surface area contributed by atoms with Gasteiger partial charge in [0.15, 0.2) is 5.78 Å². The average Bonchev–Trinajstić information content (AvgIpc) is 3.32. The number of carbonyl (C=O) groups excluding carboxylic acids is 2. The van der Waals surface area contributed by atoms with E-state index in [1.54, 1.807) is 60.7 Å². The summed E-state index contributed by atoms with van der Waals surface area (Å²) in [5.41, 5.74) is 1.95. The van der Waals surface area contributed by atoms with Crippen molar-refractivity contribution in [2.45, 2.75) is 0 Å². The summed E-state index contributed by atoms with van der Waals surface area (Å²) in [6.07, 6.45) is 2.90. The largest absolute Gasteiger partial charge is 0.457 e. The van der Waals surface area contributed by atoms with Gasteiger partial charge in [-0.25, -0.2) is 0 Å². The van der Waals surface area contributed by atoms with E-state index >= 15 is 0 Å². The minimum absolute atomic E-state index is 0.114. The molecule has 1 heterocycles.